The molecule has 1 unspecified atom stereocenters. The van der Waals surface area contributed by atoms with E-state index in [9.17, 15) is 0 Å². The smallest absolute Gasteiger partial charge is 0.143 e. The van der Waals surface area contributed by atoms with E-state index in [-0.39, 0.29) is 12.2 Å². The van der Waals surface area contributed by atoms with Crippen LogP contribution in [0.1, 0.15) is 47.4 Å². The van der Waals surface area contributed by atoms with Gasteiger partial charge in [-0.1, -0.05) is 36.4 Å². The van der Waals surface area contributed by atoms with Gasteiger partial charge in [-0.2, -0.15) is 0 Å². The molecule has 4 heterocycles. The summed E-state index contributed by atoms with van der Waals surface area (Å²) in [5.74, 6) is 2.87. The maximum absolute atomic E-state index is 6.88. The van der Waals surface area contributed by atoms with E-state index in [4.69, 9.17) is 14.1 Å². The molecule has 0 bridgehead atoms. The van der Waals surface area contributed by atoms with Gasteiger partial charge in [-0.3, -0.25) is 0 Å². The van der Waals surface area contributed by atoms with Gasteiger partial charge in [-0.05, 0) is 68.6 Å². The van der Waals surface area contributed by atoms with E-state index >= 15 is 0 Å². The Morgan fingerprint density at radius 1 is 1.00 bits per heavy atom. The fourth-order valence-corrected chi connectivity index (χ4v) is 6.21. The lowest BCUT2D eigenvalue weighted by atomic mass is 10.00. The molecule has 0 saturated carbocycles. The summed E-state index contributed by atoms with van der Waals surface area (Å²) in [5, 5.41) is 0. The van der Waals surface area contributed by atoms with Gasteiger partial charge < -0.3 is 18.6 Å². The first kappa shape index (κ1) is 23.6. The van der Waals surface area contributed by atoms with Gasteiger partial charge in [0.1, 0.15) is 17.7 Å². The summed E-state index contributed by atoms with van der Waals surface area (Å²) < 4.78 is 14.7. The summed E-state index contributed by atoms with van der Waals surface area (Å²) in [7, 11) is 2.19. The second kappa shape index (κ2) is 10.3. The van der Waals surface area contributed by atoms with Crippen molar-refractivity contribution in [2.24, 2.45) is 0 Å². The van der Waals surface area contributed by atoms with Crippen LogP contribution in [0.25, 0.3) is 11.3 Å². The maximum Gasteiger partial charge on any atom is 0.143 e. The van der Waals surface area contributed by atoms with Crippen LogP contribution in [0.4, 0.5) is 0 Å². The monoisotopic (exact) mass is 499 g/mol. The Labute approximate surface area is 217 Å². The van der Waals surface area contributed by atoms with Crippen LogP contribution in [0.5, 0.6) is 0 Å². The Balaban J connectivity index is 1.30. The second-order valence-corrected chi connectivity index (χ2v) is 11.0. The van der Waals surface area contributed by atoms with E-state index in [0.29, 0.717) is 0 Å². The number of furan rings is 1. The number of hydrogen-bond acceptors (Lipinski definition) is 5. The Morgan fingerprint density at radius 3 is 2.58 bits per heavy atom. The molecule has 2 aliphatic rings. The maximum atomic E-state index is 6.88. The van der Waals surface area contributed by atoms with Crippen LogP contribution in [0, 0.1) is 6.92 Å². The van der Waals surface area contributed by atoms with Crippen LogP contribution in [-0.4, -0.2) is 40.7 Å². The van der Waals surface area contributed by atoms with Gasteiger partial charge in [0, 0.05) is 35.8 Å². The SMILES string of the molecule is Cc1c(-c2ccc(SCc3ccco3)cc2)nc2n1CCc1ccccc1C2OC1CCN(C)CC1. The number of benzene rings is 2. The summed E-state index contributed by atoms with van der Waals surface area (Å²) in [6.45, 7) is 5.30. The van der Waals surface area contributed by atoms with Gasteiger partial charge in [0.25, 0.3) is 0 Å². The van der Waals surface area contributed by atoms with Gasteiger partial charge >= 0.3 is 0 Å². The highest BCUT2D eigenvalue weighted by molar-refractivity contribution is 7.98. The van der Waals surface area contributed by atoms with Crippen molar-refractivity contribution in [2.75, 3.05) is 20.1 Å². The molecule has 2 aromatic heterocycles. The number of likely N-dealkylation sites (tertiary alicyclic amines) is 1. The molecule has 36 heavy (non-hydrogen) atoms. The standard InChI is InChI=1S/C30H33N3O2S/c1-21-28(23-9-11-26(12-10-23)36-20-25-7-5-19-34-25)31-30-29(35-24-14-16-32(2)17-15-24)27-8-4-3-6-22(27)13-18-33(21)30/h3-12,19,24,29H,13-18,20H2,1-2H3. The molecule has 1 atom stereocenters. The van der Waals surface area contributed by atoms with Gasteiger partial charge in [-0.15, -0.1) is 11.8 Å². The zero-order valence-corrected chi connectivity index (χ0v) is 21.8. The first-order chi connectivity index (χ1) is 17.7. The number of thioether (sulfide) groups is 1. The first-order valence-electron chi connectivity index (χ1n) is 12.9. The van der Waals surface area contributed by atoms with E-state index < -0.39 is 0 Å². The molecule has 2 aromatic carbocycles. The highest BCUT2D eigenvalue weighted by Gasteiger charge is 2.32. The number of nitrogens with zero attached hydrogens (tertiary/aromatic N) is 3. The number of hydrogen-bond donors (Lipinski definition) is 0. The van der Waals surface area contributed by atoms with Crippen LogP contribution in [0.15, 0.2) is 76.2 Å². The molecule has 2 aliphatic heterocycles. The van der Waals surface area contributed by atoms with Crippen molar-refractivity contribution in [2.45, 2.75) is 55.6 Å². The molecule has 5 nitrogen and oxygen atoms in total. The third kappa shape index (κ3) is 4.77. The van der Waals surface area contributed by atoms with Crippen LogP contribution < -0.4 is 0 Å². The summed E-state index contributed by atoms with van der Waals surface area (Å²) >= 11 is 1.79. The van der Waals surface area contributed by atoms with Crippen molar-refractivity contribution in [1.82, 2.24) is 14.5 Å². The quantitative estimate of drug-likeness (QED) is 0.283. The largest absolute Gasteiger partial charge is 0.468 e. The molecule has 0 aliphatic carbocycles. The van der Waals surface area contributed by atoms with E-state index in [0.717, 1.165) is 67.5 Å². The lowest BCUT2D eigenvalue weighted by Gasteiger charge is -2.32. The zero-order chi connectivity index (χ0) is 24.5. The van der Waals surface area contributed by atoms with Gasteiger partial charge in [0.2, 0.25) is 0 Å². The summed E-state index contributed by atoms with van der Waals surface area (Å²) in [4.78, 5) is 8.88. The van der Waals surface area contributed by atoms with Crippen LogP contribution in [0.3, 0.4) is 0 Å². The Bertz CT molecular complexity index is 1300. The van der Waals surface area contributed by atoms with Gasteiger partial charge in [0.05, 0.1) is 23.8 Å². The number of rotatable bonds is 6. The minimum absolute atomic E-state index is 0.132. The third-order valence-corrected chi connectivity index (χ3v) is 8.54. The Hall–Kier alpha value is -2.80. The van der Waals surface area contributed by atoms with Crippen molar-refractivity contribution in [3.05, 3.63) is 95.3 Å². The number of ether oxygens (including phenoxy) is 1. The molecule has 6 rings (SSSR count). The molecule has 4 aromatic rings. The average Bonchev–Trinajstić information content (AvgIpc) is 3.51. The number of piperidine rings is 1. The molecule has 186 valence electrons. The van der Waals surface area contributed by atoms with Crippen LogP contribution >= 0.6 is 11.8 Å². The van der Waals surface area contributed by atoms with Gasteiger partial charge in [0.15, 0.2) is 0 Å². The Kier molecular flexibility index (Phi) is 6.74. The van der Waals surface area contributed by atoms with Crippen LogP contribution in [-0.2, 0) is 23.5 Å². The van der Waals surface area contributed by atoms with Crippen LogP contribution in [0.2, 0.25) is 0 Å². The molecular weight excluding hydrogens is 466 g/mol. The fraction of sp³-hybridized carbons (Fsp3) is 0.367. The van der Waals surface area contributed by atoms with E-state index in [1.165, 1.54) is 21.7 Å². The van der Waals surface area contributed by atoms with E-state index in [1.807, 2.05) is 12.1 Å². The number of fused-ring (bicyclic) bond motifs is 2. The summed E-state index contributed by atoms with van der Waals surface area (Å²) in [6, 6.07) is 21.5. The third-order valence-electron chi connectivity index (χ3n) is 7.51. The molecule has 6 heteroatoms. The normalized spacial score (nSPS) is 18.6. The number of imidazole rings is 1. The van der Waals surface area contributed by atoms with Crippen molar-refractivity contribution >= 4 is 11.8 Å². The molecular formula is C30H33N3O2S. The van der Waals surface area contributed by atoms with Crippen molar-refractivity contribution in [3.8, 4) is 11.3 Å². The summed E-state index contributed by atoms with van der Waals surface area (Å²) in [5.41, 5.74) is 6.08. The summed E-state index contributed by atoms with van der Waals surface area (Å²) in [6.07, 6.45) is 4.99. The topological polar surface area (TPSA) is 43.4 Å². The minimum atomic E-state index is -0.132. The lowest BCUT2D eigenvalue weighted by molar-refractivity contribution is -0.0276. The Morgan fingerprint density at radius 2 is 1.81 bits per heavy atom. The first-order valence-corrected chi connectivity index (χ1v) is 13.9. The zero-order valence-electron chi connectivity index (χ0n) is 21.0. The second-order valence-electron chi connectivity index (χ2n) is 9.92. The predicted octanol–water partition coefficient (Wildman–Crippen LogP) is 6.50. The fourth-order valence-electron chi connectivity index (χ4n) is 5.41. The highest BCUT2D eigenvalue weighted by Crippen LogP contribution is 2.38. The predicted molar refractivity (Wildman–Crippen MR) is 144 cm³/mol. The van der Waals surface area contributed by atoms with Crippen molar-refractivity contribution in [3.63, 3.8) is 0 Å². The average molecular weight is 500 g/mol. The molecule has 0 radical (unpaired) electrons. The van der Waals surface area contributed by atoms with E-state index in [2.05, 4.69) is 72.0 Å². The van der Waals surface area contributed by atoms with Crippen molar-refractivity contribution in [1.29, 1.82) is 0 Å². The molecule has 1 saturated heterocycles. The van der Waals surface area contributed by atoms with E-state index in [1.54, 1.807) is 18.0 Å². The molecule has 0 spiro atoms. The lowest BCUT2D eigenvalue weighted by Crippen LogP contribution is -2.35. The number of aromatic nitrogens is 2. The van der Waals surface area contributed by atoms with Gasteiger partial charge in [-0.25, -0.2) is 4.98 Å². The molecule has 0 amide bonds. The molecule has 1 fully saturated rings. The minimum Gasteiger partial charge on any atom is -0.468 e. The number of aryl methyl sites for hydroxylation is 1. The molecule has 0 N–H and O–H groups in total. The van der Waals surface area contributed by atoms with Crippen molar-refractivity contribution < 1.29 is 9.15 Å². The highest BCUT2D eigenvalue weighted by atomic mass is 32.2.